The van der Waals surface area contributed by atoms with E-state index < -0.39 is 0 Å². The number of aliphatic hydroxyl groups is 1. The number of ether oxygens (including phenoxy) is 1. The van der Waals surface area contributed by atoms with Crippen molar-refractivity contribution < 1.29 is 9.84 Å². The number of benzene rings is 1. The van der Waals surface area contributed by atoms with Gasteiger partial charge in [-0.2, -0.15) is 0 Å². The number of nitrogens with zero attached hydrogens (tertiary/aromatic N) is 1. The normalized spacial score (nSPS) is 20.3. The molecule has 1 aliphatic heterocycles. The van der Waals surface area contributed by atoms with Gasteiger partial charge in [-0.1, -0.05) is 32.9 Å². The van der Waals surface area contributed by atoms with Crippen LogP contribution in [0.25, 0.3) is 0 Å². The van der Waals surface area contributed by atoms with Gasteiger partial charge in [-0.15, -0.1) is 0 Å². The molecule has 0 aromatic heterocycles. The Bertz CT molecular complexity index is 408. The molecule has 1 fully saturated rings. The fourth-order valence-corrected chi connectivity index (χ4v) is 2.61. The average Bonchev–Trinajstić information content (AvgIpc) is 2.86. The lowest BCUT2D eigenvalue weighted by Gasteiger charge is -2.19. The summed E-state index contributed by atoms with van der Waals surface area (Å²) in [5, 5.41) is 9.12. The summed E-state index contributed by atoms with van der Waals surface area (Å²) in [6.45, 7) is 10.7. The van der Waals surface area contributed by atoms with E-state index in [0.29, 0.717) is 19.1 Å². The van der Waals surface area contributed by atoms with Gasteiger partial charge in [-0.25, -0.2) is 0 Å². The van der Waals surface area contributed by atoms with Crippen molar-refractivity contribution in [1.82, 2.24) is 4.90 Å². The van der Waals surface area contributed by atoms with Crippen LogP contribution in [0.15, 0.2) is 24.3 Å². The van der Waals surface area contributed by atoms with E-state index in [9.17, 15) is 0 Å². The van der Waals surface area contributed by atoms with E-state index in [-0.39, 0.29) is 5.41 Å². The Balaban J connectivity index is 1.75. The van der Waals surface area contributed by atoms with Gasteiger partial charge in [0.25, 0.3) is 0 Å². The van der Waals surface area contributed by atoms with Crippen LogP contribution < -0.4 is 4.74 Å². The maximum absolute atomic E-state index is 9.12. The van der Waals surface area contributed by atoms with Gasteiger partial charge in [0.2, 0.25) is 0 Å². The highest BCUT2D eigenvalue weighted by Gasteiger charge is 2.21. The highest BCUT2D eigenvalue weighted by atomic mass is 16.5. The summed E-state index contributed by atoms with van der Waals surface area (Å²) < 4.78 is 5.80. The van der Waals surface area contributed by atoms with Crippen molar-refractivity contribution in [3.8, 4) is 5.75 Å². The molecular formula is C17H27NO2. The van der Waals surface area contributed by atoms with Gasteiger partial charge in [-0.3, -0.25) is 4.90 Å². The zero-order valence-electron chi connectivity index (χ0n) is 12.9. The molecule has 1 heterocycles. The molecule has 1 atom stereocenters. The SMILES string of the molecule is CC(C)(C)c1ccc(OCCN2CCC(CO)C2)cc1. The van der Waals surface area contributed by atoms with E-state index in [0.717, 1.165) is 31.8 Å². The number of hydrogen-bond donors (Lipinski definition) is 1. The van der Waals surface area contributed by atoms with Crippen LogP contribution in [0.3, 0.4) is 0 Å². The molecule has 0 saturated carbocycles. The van der Waals surface area contributed by atoms with E-state index in [2.05, 4.69) is 49.9 Å². The quantitative estimate of drug-likeness (QED) is 0.898. The monoisotopic (exact) mass is 277 g/mol. The van der Waals surface area contributed by atoms with Crippen molar-refractivity contribution in [1.29, 1.82) is 0 Å². The lowest BCUT2D eigenvalue weighted by atomic mass is 9.87. The number of aliphatic hydroxyl groups excluding tert-OH is 1. The molecule has 2 rings (SSSR count). The molecule has 3 heteroatoms. The maximum atomic E-state index is 9.12. The Morgan fingerprint density at radius 1 is 1.25 bits per heavy atom. The molecule has 1 aromatic carbocycles. The first kappa shape index (κ1) is 15.3. The smallest absolute Gasteiger partial charge is 0.119 e. The first-order chi connectivity index (χ1) is 9.49. The molecule has 20 heavy (non-hydrogen) atoms. The molecule has 0 spiro atoms. The zero-order chi connectivity index (χ0) is 14.6. The van der Waals surface area contributed by atoms with Crippen molar-refractivity contribution >= 4 is 0 Å². The summed E-state index contributed by atoms with van der Waals surface area (Å²) in [5.41, 5.74) is 1.52. The first-order valence-corrected chi connectivity index (χ1v) is 7.55. The molecule has 0 aliphatic carbocycles. The summed E-state index contributed by atoms with van der Waals surface area (Å²) >= 11 is 0. The van der Waals surface area contributed by atoms with Gasteiger partial charge in [0.1, 0.15) is 12.4 Å². The molecule has 112 valence electrons. The van der Waals surface area contributed by atoms with Gasteiger partial charge in [-0.05, 0) is 42.0 Å². The van der Waals surface area contributed by atoms with Crippen LogP contribution in [0.2, 0.25) is 0 Å². The van der Waals surface area contributed by atoms with E-state index in [1.165, 1.54) is 5.56 Å². The van der Waals surface area contributed by atoms with E-state index in [1.807, 2.05) is 0 Å². The molecule has 3 nitrogen and oxygen atoms in total. The van der Waals surface area contributed by atoms with Crippen molar-refractivity contribution in [3.63, 3.8) is 0 Å². The van der Waals surface area contributed by atoms with Crippen LogP contribution in [0.4, 0.5) is 0 Å². The van der Waals surface area contributed by atoms with Crippen molar-refractivity contribution in [2.45, 2.75) is 32.6 Å². The lowest BCUT2D eigenvalue weighted by molar-refractivity contribution is 0.204. The average molecular weight is 277 g/mol. The van der Waals surface area contributed by atoms with Gasteiger partial charge in [0, 0.05) is 19.7 Å². The Morgan fingerprint density at radius 2 is 1.95 bits per heavy atom. The lowest BCUT2D eigenvalue weighted by Crippen LogP contribution is -2.26. The Morgan fingerprint density at radius 3 is 2.50 bits per heavy atom. The molecule has 0 radical (unpaired) electrons. The van der Waals surface area contributed by atoms with Gasteiger partial charge < -0.3 is 9.84 Å². The second-order valence-corrected chi connectivity index (χ2v) is 6.76. The largest absolute Gasteiger partial charge is 0.492 e. The highest BCUT2D eigenvalue weighted by Crippen LogP contribution is 2.24. The predicted molar refractivity (Wildman–Crippen MR) is 82.3 cm³/mol. The fraction of sp³-hybridized carbons (Fsp3) is 0.647. The van der Waals surface area contributed by atoms with Crippen LogP contribution in [-0.2, 0) is 5.41 Å². The Hall–Kier alpha value is -1.06. The van der Waals surface area contributed by atoms with Crippen molar-refractivity contribution in [2.24, 2.45) is 5.92 Å². The van der Waals surface area contributed by atoms with Crippen LogP contribution in [0.5, 0.6) is 5.75 Å². The third-order valence-electron chi connectivity index (χ3n) is 4.02. The van der Waals surface area contributed by atoms with Crippen molar-refractivity contribution in [3.05, 3.63) is 29.8 Å². The van der Waals surface area contributed by atoms with Crippen LogP contribution >= 0.6 is 0 Å². The summed E-state index contributed by atoms with van der Waals surface area (Å²) in [6, 6.07) is 8.40. The van der Waals surface area contributed by atoms with Crippen molar-refractivity contribution in [2.75, 3.05) is 32.8 Å². The summed E-state index contributed by atoms with van der Waals surface area (Å²) in [6.07, 6.45) is 1.11. The van der Waals surface area contributed by atoms with E-state index >= 15 is 0 Å². The van der Waals surface area contributed by atoms with Gasteiger partial charge in [0.05, 0.1) is 0 Å². The Labute approximate surface area is 122 Å². The minimum Gasteiger partial charge on any atom is -0.492 e. The first-order valence-electron chi connectivity index (χ1n) is 7.55. The minimum atomic E-state index is 0.188. The summed E-state index contributed by atoms with van der Waals surface area (Å²) in [7, 11) is 0. The standard InChI is InChI=1S/C17H27NO2/c1-17(2,3)15-4-6-16(7-5-15)20-11-10-18-9-8-14(12-18)13-19/h4-7,14,19H,8-13H2,1-3H3. The third-order valence-corrected chi connectivity index (χ3v) is 4.02. The molecular weight excluding hydrogens is 250 g/mol. The molecule has 1 aromatic rings. The van der Waals surface area contributed by atoms with Crippen LogP contribution in [0.1, 0.15) is 32.8 Å². The predicted octanol–water partition coefficient (Wildman–Crippen LogP) is 2.68. The van der Waals surface area contributed by atoms with Crippen LogP contribution in [0, 0.1) is 5.92 Å². The minimum absolute atomic E-state index is 0.188. The van der Waals surface area contributed by atoms with E-state index in [4.69, 9.17) is 9.84 Å². The second-order valence-electron chi connectivity index (χ2n) is 6.76. The van der Waals surface area contributed by atoms with Gasteiger partial charge in [0.15, 0.2) is 0 Å². The van der Waals surface area contributed by atoms with Gasteiger partial charge >= 0.3 is 0 Å². The second kappa shape index (κ2) is 6.59. The zero-order valence-corrected chi connectivity index (χ0v) is 12.9. The van der Waals surface area contributed by atoms with Crippen LogP contribution in [-0.4, -0.2) is 42.9 Å². The maximum Gasteiger partial charge on any atom is 0.119 e. The number of likely N-dealkylation sites (tertiary alicyclic amines) is 1. The molecule has 1 saturated heterocycles. The third kappa shape index (κ3) is 4.22. The summed E-state index contributed by atoms with van der Waals surface area (Å²) in [5.74, 6) is 1.40. The fourth-order valence-electron chi connectivity index (χ4n) is 2.61. The topological polar surface area (TPSA) is 32.7 Å². The highest BCUT2D eigenvalue weighted by molar-refractivity contribution is 5.31. The summed E-state index contributed by atoms with van der Waals surface area (Å²) in [4.78, 5) is 2.37. The molecule has 1 unspecified atom stereocenters. The molecule has 1 aliphatic rings. The Kier molecular flexibility index (Phi) is 5.06. The molecule has 0 amide bonds. The van der Waals surface area contributed by atoms with E-state index in [1.54, 1.807) is 0 Å². The number of rotatable bonds is 5. The molecule has 1 N–H and O–H groups in total. The number of hydrogen-bond acceptors (Lipinski definition) is 3. The molecule has 0 bridgehead atoms.